The van der Waals surface area contributed by atoms with Gasteiger partial charge >= 0.3 is 0 Å². The molecule has 20 heavy (non-hydrogen) atoms. The van der Waals surface area contributed by atoms with Crippen molar-refractivity contribution in [3.05, 3.63) is 24.3 Å². The molecule has 0 heterocycles. The van der Waals surface area contributed by atoms with Gasteiger partial charge in [0.2, 0.25) is 0 Å². The zero-order chi connectivity index (χ0) is 15.0. The van der Waals surface area contributed by atoms with E-state index in [1.54, 1.807) is 0 Å². The normalized spacial score (nSPS) is 11.4. The van der Waals surface area contributed by atoms with Gasteiger partial charge in [-0.3, -0.25) is 0 Å². The number of nitrogens with one attached hydrogen (secondary N) is 1. The third-order valence-corrected chi connectivity index (χ3v) is 3.80. The van der Waals surface area contributed by atoms with Crippen LogP contribution in [-0.4, -0.2) is 31.8 Å². The summed E-state index contributed by atoms with van der Waals surface area (Å²) in [4.78, 5) is 2.32. The largest absolute Gasteiger partial charge is 0.492 e. The van der Waals surface area contributed by atoms with E-state index < -0.39 is 0 Å². The second-order valence-electron chi connectivity index (χ2n) is 5.68. The van der Waals surface area contributed by atoms with Crippen LogP contribution < -0.4 is 15.0 Å². The molecule has 0 atom stereocenters. The van der Waals surface area contributed by atoms with E-state index in [-0.39, 0.29) is 5.54 Å². The van der Waals surface area contributed by atoms with Gasteiger partial charge in [-0.05, 0) is 46.2 Å². The van der Waals surface area contributed by atoms with Gasteiger partial charge in [0.1, 0.15) is 12.4 Å². The number of hydrogen-bond acceptors (Lipinski definition) is 3. The number of rotatable bonds is 9. The third-order valence-electron chi connectivity index (χ3n) is 3.80. The molecule has 3 nitrogen and oxygen atoms in total. The van der Waals surface area contributed by atoms with E-state index in [4.69, 9.17) is 4.74 Å². The Balaban J connectivity index is 2.47. The van der Waals surface area contributed by atoms with Gasteiger partial charge in [0.15, 0.2) is 0 Å². The van der Waals surface area contributed by atoms with Crippen molar-refractivity contribution in [3.63, 3.8) is 0 Å². The summed E-state index contributed by atoms with van der Waals surface area (Å²) < 4.78 is 5.84. The predicted molar refractivity (Wildman–Crippen MR) is 87.9 cm³/mol. The van der Waals surface area contributed by atoms with Crippen LogP contribution >= 0.6 is 0 Å². The molecule has 0 bridgehead atoms. The molecule has 0 unspecified atom stereocenters. The van der Waals surface area contributed by atoms with E-state index in [2.05, 4.69) is 63.0 Å². The van der Waals surface area contributed by atoms with Crippen molar-refractivity contribution in [1.29, 1.82) is 0 Å². The zero-order valence-electron chi connectivity index (χ0n) is 13.7. The second kappa shape index (κ2) is 8.15. The quantitative estimate of drug-likeness (QED) is 0.697. The van der Waals surface area contributed by atoms with Crippen molar-refractivity contribution in [2.75, 3.05) is 31.1 Å². The molecule has 3 heteroatoms. The van der Waals surface area contributed by atoms with Gasteiger partial charge in [-0.15, -0.1) is 0 Å². The topological polar surface area (TPSA) is 24.5 Å². The number of anilines is 1. The molecule has 0 aliphatic carbocycles. The Labute approximate surface area is 124 Å². The molecular formula is C17H30N2O. The molecule has 114 valence electrons. The summed E-state index contributed by atoms with van der Waals surface area (Å²) in [6.07, 6.45) is 1.12. The van der Waals surface area contributed by atoms with E-state index in [0.717, 1.165) is 31.8 Å². The molecule has 0 saturated carbocycles. The SMILES string of the molecule is CCN(CC)c1cccc(OCCNC(C)(C)CC)c1. The van der Waals surface area contributed by atoms with E-state index >= 15 is 0 Å². The molecule has 0 aliphatic heterocycles. The number of hydrogen-bond donors (Lipinski definition) is 1. The first-order valence-corrected chi connectivity index (χ1v) is 7.75. The minimum Gasteiger partial charge on any atom is -0.492 e. The Bertz CT molecular complexity index is 386. The van der Waals surface area contributed by atoms with Gasteiger partial charge < -0.3 is 15.0 Å². The van der Waals surface area contributed by atoms with Gasteiger partial charge in [0.25, 0.3) is 0 Å². The van der Waals surface area contributed by atoms with Crippen molar-refractivity contribution >= 4 is 5.69 Å². The molecule has 1 aromatic rings. The summed E-state index contributed by atoms with van der Waals surface area (Å²) in [6, 6.07) is 8.35. The molecule has 0 amide bonds. The van der Waals surface area contributed by atoms with Gasteiger partial charge in [-0.1, -0.05) is 13.0 Å². The summed E-state index contributed by atoms with van der Waals surface area (Å²) >= 11 is 0. The molecular weight excluding hydrogens is 248 g/mol. The molecule has 0 fully saturated rings. The van der Waals surface area contributed by atoms with Crippen LogP contribution in [0.5, 0.6) is 5.75 Å². The van der Waals surface area contributed by atoms with Crippen LogP contribution in [0.1, 0.15) is 41.0 Å². The van der Waals surface area contributed by atoms with Crippen molar-refractivity contribution in [1.82, 2.24) is 5.32 Å². The van der Waals surface area contributed by atoms with Crippen LogP contribution in [0, 0.1) is 0 Å². The lowest BCUT2D eigenvalue weighted by Crippen LogP contribution is -2.40. The Morgan fingerprint density at radius 2 is 1.85 bits per heavy atom. The Morgan fingerprint density at radius 3 is 2.45 bits per heavy atom. The van der Waals surface area contributed by atoms with Crippen LogP contribution in [0.25, 0.3) is 0 Å². The Kier molecular flexibility index (Phi) is 6.86. The van der Waals surface area contributed by atoms with Crippen molar-refractivity contribution in [2.45, 2.75) is 46.6 Å². The highest BCUT2D eigenvalue weighted by Crippen LogP contribution is 2.20. The molecule has 0 radical (unpaired) electrons. The fourth-order valence-corrected chi connectivity index (χ4v) is 2.04. The number of benzene rings is 1. The molecule has 0 spiro atoms. The minimum absolute atomic E-state index is 0.187. The van der Waals surface area contributed by atoms with Gasteiger partial charge in [-0.25, -0.2) is 0 Å². The predicted octanol–water partition coefficient (Wildman–Crippen LogP) is 3.69. The highest BCUT2D eigenvalue weighted by atomic mass is 16.5. The van der Waals surface area contributed by atoms with E-state index in [1.807, 2.05) is 6.07 Å². The monoisotopic (exact) mass is 278 g/mol. The summed E-state index contributed by atoms with van der Waals surface area (Å²) in [5.41, 5.74) is 1.42. The first kappa shape index (κ1) is 16.8. The maximum atomic E-state index is 5.84. The molecule has 0 aromatic heterocycles. The van der Waals surface area contributed by atoms with Crippen molar-refractivity contribution in [2.24, 2.45) is 0 Å². The lowest BCUT2D eigenvalue weighted by molar-refractivity contribution is 0.281. The Morgan fingerprint density at radius 1 is 1.15 bits per heavy atom. The van der Waals surface area contributed by atoms with E-state index in [0.29, 0.717) is 6.61 Å². The summed E-state index contributed by atoms with van der Waals surface area (Å²) in [7, 11) is 0. The van der Waals surface area contributed by atoms with Crippen LogP contribution in [0.15, 0.2) is 24.3 Å². The van der Waals surface area contributed by atoms with Crippen LogP contribution in [0.2, 0.25) is 0 Å². The zero-order valence-corrected chi connectivity index (χ0v) is 13.7. The van der Waals surface area contributed by atoms with Crippen molar-refractivity contribution in [3.8, 4) is 5.75 Å². The average molecular weight is 278 g/mol. The lowest BCUT2D eigenvalue weighted by atomic mass is 10.0. The molecule has 1 N–H and O–H groups in total. The van der Waals surface area contributed by atoms with Crippen LogP contribution in [-0.2, 0) is 0 Å². The minimum atomic E-state index is 0.187. The fraction of sp³-hybridized carbons (Fsp3) is 0.647. The number of nitrogens with zero attached hydrogens (tertiary/aromatic N) is 1. The highest BCUT2D eigenvalue weighted by Gasteiger charge is 2.12. The standard InChI is InChI=1S/C17H30N2O/c1-6-17(4,5)18-12-13-20-16-11-9-10-15(14-16)19(7-2)8-3/h9-11,14,18H,6-8,12-13H2,1-5H3. The third kappa shape index (κ3) is 5.41. The lowest BCUT2D eigenvalue weighted by Gasteiger charge is -2.24. The van der Waals surface area contributed by atoms with Gasteiger partial charge in [0.05, 0.1) is 0 Å². The summed E-state index contributed by atoms with van der Waals surface area (Å²) in [6.45, 7) is 14.6. The highest BCUT2D eigenvalue weighted by molar-refractivity contribution is 5.50. The average Bonchev–Trinajstić information content (AvgIpc) is 2.45. The van der Waals surface area contributed by atoms with E-state index in [9.17, 15) is 0 Å². The molecule has 0 aliphatic rings. The van der Waals surface area contributed by atoms with Gasteiger partial charge in [0, 0.05) is 36.9 Å². The van der Waals surface area contributed by atoms with Crippen molar-refractivity contribution < 1.29 is 4.74 Å². The first-order chi connectivity index (χ1) is 9.52. The van der Waals surface area contributed by atoms with E-state index in [1.165, 1.54) is 5.69 Å². The summed E-state index contributed by atoms with van der Waals surface area (Å²) in [5, 5.41) is 3.50. The number of ether oxygens (including phenoxy) is 1. The molecule has 1 aromatic carbocycles. The smallest absolute Gasteiger partial charge is 0.121 e. The second-order valence-corrected chi connectivity index (χ2v) is 5.68. The van der Waals surface area contributed by atoms with Crippen LogP contribution in [0.3, 0.4) is 0 Å². The first-order valence-electron chi connectivity index (χ1n) is 7.75. The fourth-order valence-electron chi connectivity index (χ4n) is 2.04. The Hall–Kier alpha value is -1.22. The maximum absolute atomic E-state index is 5.84. The van der Waals surface area contributed by atoms with Gasteiger partial charge in [-0.2, -0.15) is 0 Å². The molecule has 1 rings (SSSR count). The van der Waals surface area contributed by atoms with Crippen LogP contribution in [0.4, 0.5) is 5.69 Å². The molecule has 0 saturated heterocycles. The maximum Gasteiger partial charge on any atom is 0.121 e. The summed E-state index contributed by atoms with van der Waals surface area (Å²) in [5.74, 6) is 0.950.